The highest BCUT2D eigenvalue weighted by molar-refractivity contribution is 5.97. The lowest BCUT2D eigenvalue weighted by molar-refractivity contribution is 0.0942. The second-order valence-electron chi connectivity index (χ2n) is 3.74. The fourth-order valence-electron chi connectivity index (χ4n) is 1.48. The van der Waals surface area contributed by atoms with Gasteiger partial charge in [0.2, 0.25) is 5.89 Å². The molecule has 18 heavy (non-hydrogen) atoms. The Bertz CT molecular complexity index is 558. The molecule has 0 fully saturated rings. The molecule has 2 rings (SSSR count). The number of nitrogens with zero attached hydrogens (tertiary/aromatic N) is 3. The van der Waals surface area contributed by atoms with Gasteiger partial charge in [-0.2, -0.15) is 10.1 Å². The van der Waals surface area contributed by atoms with Gasteiger partial charge in [-0.25, -0.2) is 0 Å². The lowest BCUT2D eigenvalue weighted by Gasteiger charge is -2.00. The quantitative estimate of drug-likeness (QED) is 0.711. The number of rotatable bonds is 4. The number of hydrogen-bond acceptors (Lipinski definition) is 6. The molecule has 0 aliphatic heterocycles. The van der Waals surface area contributed by atoms with Gasteiger partial charge in [0.1, 0.15) is 0 Å². The van der Waals surface area contributed by atoms with E-state index >= 15 is 0 Å². The number of aryl methyl sites for hydroxylation is 2. The van der Waals surface area contributed by atoms with E-state index in [4.69, 9.17) is 10.3 Å². The maximum atomic E-state index is 11.8. The molecule has 96 valence electrons. The summed E-state index contributed by atoms with van der Waals surface area (Å²) in [7, 11) is 0. The van der Waals surface area contributed by atoms with Crippen LogP contribution in [0.5, 0.6) is 0 Å². The van der Waals surface area contributed by atoms with Crippen LogP contribution in [0.15, 0.2) is 4.52 Å². The molecule has 0 unspecified atom stereocenters. The molecule has 4 N–H and O–H groups in total. The number of hydrogen-bond donors (Lipinski definition) is 3. The monoisotopic (exact) mass is 250 g/mol. The second-order valence-corrected chi connectivity index (χ2v) is 3.74. The van der Waals surface area contributed by atoms with Crippen LogP contribution in [0.4, 0.5) is 5.69 Å². The van der Waals surface area contributed by atoms with Crippen molar-refractivity contribution in [2.75, 3.05) is 5.73 Å². The van der Waals surface area contributed by atoms with Crippen LogP contribution >= 0.6 is 0 Å². The zero-order valence-electron chi connectivity index (χ0n) is 10.1. The summed E-state index contributed by atoms with van der Waals surface area (Å²) in [4.78, 5) is 15.8. The fourth-order valence-corrected chi connectivity index (χ4v) is 1.48. The summed E-state index contributed by atoms with van der Waals surface area (Å²) in [6.45, 7) is 3.77. The summed E-state index contributed by atoms with van der Waals surface area (Å²) in [5, 5.41) is 12.8. The molecule has 0 saturated carbocycles. The Morgan fingerprint density at radius 1 is 1.56 bits per heavy atom. The number of anilines is 1. The lowest BCUT2D eigenvalue weighted by atomic mass is 10.2. The van der Waals surface area contributed by atoms with Crippen LogP contribution in [0.1, 0.15) is 34.8 Å². The third-order valence-corrected chi connectivity index (χ3v) is 2.42. The van der Waals surface area contributed by atoms with Gasteiger partial charge in [0.15, 0.2) is 11.5 Å². The highest BCUT2D eigenvalue weighted by Gasteiger charge is 2.16. The maximum absolute atomic E-state index is 11.8. The standard InChI is InChI=1S/C10H14N6O2/c1-3-6-8(11)9(15-14-6)10(17)12-4-7-13-5(2)16-18-7/h3-4,11H2,1-2H3,(H,12,17)(H,14,15). The zero-order valence-corrected chi connectivity index (χ0v) is 10.1. The van der Waals surface area contributed by atoms with Crippen molar-refractivity contribution in [3.63, 3.8) is 0 Å². The van der Waals surface area contributed by atoms with Crippen LogP contribution < -0.4 is 11.1 Å². The summed E-state index contributed by atoms with van der Waals surface area (Å²) in [6.07, 6.45) is 0.689. The summed E-state index contributed by atoms with van der Waals surface area (Å²) in [5.41, 5.74) is 7.08. The Balaban J connectivity index is 2.01. The number of carbonyl (C=O) groups is 1. The fraction of sp³-hybridized carbons (Fsp3) is 0.400. The van der Waals surface area contributed by atoms with E-state index in [1.54, 1.807) is 6.92 Å². The smallest absolute Gasteiger partial charge is 0.274 e. The Labute approximate surface area is 103 Å². The van der Waals surface area contributed by atoms with Crippen molar-refractivity contribution in [1.82, 2.24) is 25.7 Å². The molecular formula is C10H14N6O2. The van der Waals surface area contributed by atoms with Crippen molar-refractivity contribution >= 4 is 11.6 Å². The van der Waals surface area contributed by atoms with E-state index in [0.717, 1.165) is 5.69 Å². The largest absolute Gasteiger partial charge is 0.395 e. The maximum Gasteiger partial charge on any atom is 0.274 e. The van der Waals surface area contributed by atoms with E-state index in [1.807, 2.05) is 6.92 Å². The molecule has 2 aromatic rings. The van der Waals surface area contributed by atoms with Gasteiger partial charge in [0.25, 0.3) is 5.91 Å². The average Bonchev–Trinajstić information content (AvgIpc) is 2.92. The molecule has 0 aliphatic rings. The molecule has 0 atom stereocenters. The number of amides is 1. The van der Waals surface area contributed by atoms with Gasteiger partial charge in [-0.1, -0.05) is 12.1 Å². The van der Waals surface area contributed by atoms with Gasteiger partial charge < -0.3 is 15.6 Å². The first kappa shape index (κ1) is 12.1. The first-order valence-electron chi connectivity index (χ1n) is 5.52. The predicted molar refractivity (Wildman–Crippen MR) is 62.6 cm³/mol. The molecule has 1 amide bonds. The number of nitrogens with two attached hydrogens (primary N) is 1. The van der Waals surface area contributed by atoms with Gasteiger partial charge >= 0.3 is 0 Å². The molecule has 0 radical (unpaired) electrons. The average molecular weight is 250 g/mol. The molecular weight excluding hydrogens is 236 g/mol. The van der Waals surface area contributed by atoms with Crippen molar-refractivity contribution in [3.05, 3.63) is 23.1 Å². The topological polar surface area (TPSA) is 123 Å². The minimum atomic E-state index is -0.376. The number of carbonyl (C=O) groups excluding carboxylic acids is 1. The molecule has 0 saturated heterocycles. The minimum Gasteiger partial charge on any atom is -0.395 e. The third kappa shape index (κ3) is 2.31. The molecule has 0 spiro atoms. The van der Waals surface area contributed by atoms with Crippen LogP contribution in [-0.4, -0.2) is 26.2 Å². The van der Waals surface area contributed by atoms with Gasteiger partial charge in [0.05, 0.1) is 17.9 Å². The van der Waals surface area contributed by atoms with E-state index in [0.29, 0.717) is 23.8 Å². The number of aromatic amines is 1. The van der Waals surface area contributed by atoms with Gasteiger partial charge in [-0.3, -0.25) is 9.89 Å². The molecule has 0 bridgehead atoms. The normalized spacial score (nSPS) is 10.6. The van der Waals surface area contributed by atoms with Crippen molar-refractivity contribution in [2.45, 2.75) is 26.8 Å². The highest BCUT2D eigenvalue weighted by atomic mass is 16.5. The number of aromatic nitrogens is 4. The van der Waals surface area contributed by atoms with Crippen LogP contribution in [0, 0.1) is 6.92 Å². The number of H-pyrrole nitrogens is 1. The minimum absolute atomic E-state index is 0.146. The Morgan fingerprint density at radius 3 is 2.89 bits per heavy atom. The van der Waals surface area contributed by atoms with Crippen LogP contribution in [0.25, 0.3) is 0 Å². The Hall–Kier alpha value is -2.38. The Morgan fingerprint density at radius 2 is 2.33 bits per heavy atom. The lowest BCUT2D eigenvalue weighted by Crippen LogP contribution is -2.24. The summed E-state index contributed by atoms with van der Waals surface area (Å²) in [5.74, 6) is 0.483. The van der Waals surface area contributed by atoms with E-state index in [2.05, 4.69) is 25.7 Å². The molecule has 0 aliphatic carbocycles. The van der Waals surface area contributed by atoms with Gasteiger partial charge in [-0.05, 0) is 13.3 Å². The summed E-state index contributed by atoms with van der Waals surface area (Å²) >= 11 is 0. The van der Waals surface area contributed by atoms with Gasteiger partial charge in [-0.15, -0.1) is 0 Å². The molecule has 2 aromatic heterocycles. The summed E-state index contributed by atoms with van der Waals surface area (Å²) in [6, 6.07) is 0. The van der Waals surface area contributed by atoms with Crippen molar-refractivity contribution in [2.24, 2.45) is 0 Å². The van der Waals surface area contributed by atoms with E-state index in [-0.39, 0.29) is 18.1 Å². The van der Waals surface area contributed by atoms with Crippen molar-refractivity contribution in [3.8, 4) is 0 Å². The first-order chi connectivity index (χ1) is 8.61. The highest BCUT2D eigenvalue weighted by Crippen LogP contribution is 2.14. The SMILES string of the molecule is CCc1[nH]nc(C(=O)NCc2nc(C)no2)c1N. The first-order valence-corrected chi connectivity index (χ1v) is 5.52. The third-order valence-electron chi connectivity index (χ3n) is 2.42. The zero-order chi connectivity index (χ0) is 13.1. The van der Waals surface area contributed by atoms with Crippen LogP contribution in [0.3, 0.4) is 0 Å². The van der Waals surface area contributed by atoms with Crippen molar-refractivity contribution in [1.29, 1.82) is 0 Å². The Kier molecular flexibility index (Phi) is 3.26. The van der Waals surface area contributed by atoms with E-state index in [9.17, 15) is 4.79 Å². The van der Waals surface area contributed by atoms with Crippen LogP contribution in [0.2, 0.25) is 0 Å². The summed E-state index contributed by atoms with van der Waals surface area (Å²) < 4.78 is 4.87. The number of nitrogen functional groups attached to an aromatic ring is 1. The van der Waals surface area contributed by atoms with Crippen LogP contribution in [-0.2, 0) is 13.0 Å². The molecule has 8 nitrogen and oxygen atoms in total. The molecule has 8 heteroatoms. The molecule has 2 heterocycles. The van der Waals surface area contributed by atoms with Crippen molar-refractivity contribution < 1.29 is 9.32 Å². The van der Waals surface area contributed by atoms with E-state index in [1.165, 1.54) is 0 Å². The van der Waals surface area contributed by atoms with E-state index < -0.39 is 0 Å². The number of nitrogens with one attached hydrogen (secondary N) is 2. The second kappa shape index (κ2) is 4.86. The predicted octanol–water partition coefficient (Wildman–Crippen LogP) is 0.176. The van der Waals surface area contributed by atoms with Gasteiger partial charge in [0, 0.05) is 0 Å². The molecule has 0 aromatic carbocycles.